The van der Waals surface area contributed by atoms with Crippen molar-refractivity contribution in [2.75, 3.05) is 37.2 Å². The summed E-state index contributed by atoms with van der Waals surface area (Å²) in [6.45, 7) is 12.0. The molecule has 0 aromatic carbocycles. The Morgan fingerprint density at radius 2 is 2.05 bits per heavy atom. The van der Waals surface area contributed by atoms with Crippen LogP contribution in [0.2, 0.25) is 0 Å². The molecular formula is C15H29N5. The monoisotopic (exact) mass is 279 g/mol. The van der Waals surface area contributed by atoms with Crippen LogP contribution in [-0.2, 0) is 6.54 Å². The molecule has 0 saturated carbocycles. The molecule has 1 fully saturated rings. The number of hydrogen-bond donors (Lipinski definition) is 2. The van der Waals surface area contributed by atoms with E-state index in [2.05, 4.69) is 29.2 Å². The fourth-order valence-electron chi connectivity index (χ4n) is 2.90. The van der Waals surface area contributed by atoms with Crippen molar-refractivity contribution < 1.29 is 0 Å². The van der Waals surface area contributed by atoms with E-state index in [0.717, 1.165) is 36.7 Å². The number of nitrogen functional groups attached to an aromatic ring is 1. The van der Waals surface area contributed by atoms with Gasteiger partial charge in [0, 0.05) is 19.6 Å². The van der Waals surface area contributed by atoms with Crippen molar-refractivity contribution in [1.82, 2.24) is 14.7 Å². The van der Waals surface area contributed by atoms with E-state index in [4.69, 9.17) is 5.73 Å². The summed E-state index contributed by atoms with van der Waals surface area (Å²) >= 11 is 0. The van der Waals surface area contributed by atoms with Gasteiger partial charge in [-0.1, -0.05) is 13.8 Å². The molecular weight excluding hydrogens is 250 g/mol. The minimum Gasteiger partial charge on any atom is -0.394 e. The molecule has 5 nitrogen and oxygen atoms in total. The van der Waals surface area contributed by atoms with Crippen LogP contribution in [0, 0.1) is 12.8 Å². The van der Waals surface area contributed by atoms with Gasteiger partial charge in [0.05, 0.1) is 11.4 Å². The van der Waals surface area contributed by atoms with Crippen LogP contribution in [-0.4, -0.2) is 40.9 Å². The van der Waals surface area contributed by atoms with Crippen LogP contribution >= 0.6 is 0 Å². The summed E-state index contributed by atoms with van der Waals surface area (Å²) in [6.07, 6.45) is 3.78. The largest absolute Gasteiger partial charge is 0.394 e. The number of nitrogens with one attached hydrogen (secondary N) is 1. The van der Waals surface area contributed by atoms with Gasteiger partial charge in [0.1, 0.15) is 5.82 Å². The van der Waals surface area contributed by atoms with E-state index in [1.807, 2.05) is 11.6 Å². The van der Waals surface area contributed by atoms with Gasteiger partial charge in [0.15, 0.2) is 0 Å². The topological polar surface area (TPSA) is 59.1 Å². The fourth-order valence-corrected chi connectivity index (χ4v) is 2.90. The van der Waals surface area contributed by atoms with Crippen LogP contribution in [0.5, 0.6) is 0 Å². The number of aromatic nitrogens is 2. The average Bonchev–Trinajstić information content (AvgIpc) is 2.99. The molecule has 20 heavy (non-hydrogen) atoms. The molecule has 0 aliphatic carbocycles. The lowest BCUT2D eigenvalue weighted by molar-refractivity contribution is 0.294. The molecule has 1 aliphatic rings. The second kappa shape index (κ2) is 6.97. The number of likely N-dealkylation sites (tertiary alicyclic amines) is 1. The lowest BCUT2D eigenvalue weighted by Gasteiger charge is -2.21. The zero-order valence-electron chi connectivity index (χ0n) is 13.2. The van der Waals surface area contributed by atoms with Crippen LogP contribution in [0.15, 0.2) is 0 Å². The molecule has 2 rings (SSSR count). The van der Waals surface area contributed by atoms with E-state index in [1.165, 1.54) is 32.5 Å². The van der Waals surface area contributed by atoms with E-state index in [0.29, 0.717) is 5.92 Å². The molecule has 2 heterocycles. The first-order chi connectivity index (χ1) is 9.61. The van der Waals surface area contributed by atoms with Gasteiger partial charge in [-0.2, -0.15) is 5.10 Å². The summed E-state index contributed by atoms with van der Waals surface area (Å²) in [4.78, 5) is 2.56. The Balaban J connectivity index is 1.88. The zero-order valence-corrected chi connectivity index (χ0v) is 13.2. The number of anilines is 2. The quantitative estimate of drug-likeness (QED) is 0.804. The Morgan fingerprint density at radius 3 is 2.70 bits per heavy atom. The molecule has 1 aliphatic heterocycles. The molecule has 114 valence electrons. The highest BCUT2D eigenvalue weighted by molar-refractivity contribution is 5.64. The molecule has 0 spiro atoms. The Morgan fingerprint density at radius 1 is 1.35 bits per heavy atom. The number of nitrogens with two attached hydrogens (primary N) is 1. The van der Waals surface area contributed by atoms with Crippen molar-refractivity contribution in [2.45, 2.75) is 46.6 Å². The third-order valence-corrected chi connectivity index (χ3v) is 4.00. The summed E-state index contributed by atoms with van der Waals surface area (Å²) < 4.78 is 2.01. The molecule has 1 atom stereocenters. The molecule has 1 unspecified atom stereocenters. The van der Waals surface area contributed by atoms with Gasteiger partial charge in [-0.05, 0) is 45.2 Å². The Labute approximate surface area is 122 Å². The van der Waals surface area contributed by atoms with Gasteiger partial charge in [-0.15, -0.1) is 0 Å². The van der Waals surface area contributed by atoms with E-state index in [1.54, 1.807) is 0 Å². The normalized spacial score (nSPS) is 17.6. The van der Waals surface area contributed by atoms with Crippen LogP contribution in [0.1, 0.15) is 38.8 Å². The third kappa shape index (κ3) is 3.66. The van der Waals surface area contributed by atoms with E-state index < -0.39 is 0 Å². The average molecular weight is 279 g/mol. The highest BCUT2D eigenvalue weighted by Crippen LogP contribution is 2.23. The smallest absolute Gasteiger partial charge is 0.148 e. The van der Waals surface area contributed by atoms with Gasteiger partial charge in [0.2, 0.25) is 0 Å². The number of hydrogen-bond acceptors (Lipinski definition) is 4. The van der Waals surface area contributed by atoms with Gasteiger partial charge < -0.3 is 16.0 Å². The van der Waals surface area contributed by atoms with Crippen molar-refractivity contribution in [1.29, 1.82) is 0 Å². The molecule has 0 radical (unpaired) electrons. The lowest BCUT2D eigenvalue weighted by Crippen LogP contribution is -2.29. The van der Waals surface area contributed by atoms with Crippen molar-refractivity contribution in [3.05, 3.63) is 5.69 Å². The first kappa shape index (κ1) is 15.2. The second-order valence-corrected chi connectivity index (χ2v) is 6.06. The van der Waals surface area contributed by atoms with E-state index in [9.17, 15) is 0 Å². The molecule has 1 aromatic heterocycles. The standard InChI is InChI=1S/C15H29N5/c1-4-7-20-15(14(16)13(3)18-20)17-10-12(2)11-19-8-5-6-9-19/h12,17H,4-11,16H2,1-3H3. The summed E-state index contributed by atoms with van der Waals surface area (Å²) in [5.74, 6) is 1.62. The van der Waals surface area contributed by atoms with Crippen molar-refractivity contribution in [3.8, 4) is 0 Å². The maximum absolute atomic E-state index is 6.13. The first-order valence-corrected chi connectivity index (χ1v) is 7.91. The Hall–Kier alpha value is -1.23. The van der Waals surface area contributed by atoms with Gasteiger partial charge >= 0.3 is 0 Å². The minimum absolute atomic E-state index is 0.623. The maximum atomic E-state index is 6.13. The van der Waals surface area contributed by atoms with E-state index >= 15 is 0 Å². The molecule has 5 heteroatoms. The summed E-state index contributed by atoms with van der Waals surface area (Å²) in [6, 6.07) is 0. The van der Waals surface area contributed by atoms with E-state index in [-0.39, 0.29) is 0 Å². The third-order valence-electron chi connectivity index (χ3n) is 4.00. The van der Waals surface area contributed by atoms with Gasteiger partial charge in [-0.25, -0.2) is 4.68 Å². The number of aryl methyl sites for hydroxylation is 2. The Bertz CT molecular complexity index is 420. The van der Waals surface area contributed by atoms with Crippen LogP contribution in [0.3, 0.4) is 0 Å². The van der Waals surface area contributed by atoms with Crippen molar-refractivity contribution >= 4 is 11.5 Å². The Kier molecular flexibility index (Phi) is 5.29. The van der Waals surface area contributed by atoms with Crippen LogP contribution in [0.25, 0.3) is 0 Å². The van der Waals surface area contributed by atoms with Crippen molar-refractivity contribution in [3.63, 3.8) is 0 Å². The second-order valence-electron chi connectivity index (χ2n) is 6.06. The van der Waals surface area contributed by atoms with Crippen LogP contribution in [0.4, 0.5) is 11.5 Å². The number of nitrogens with zero attached hydrogens (tertiary/aromatic N) is 3. The number of rotatable bonds is 7. The summed E-state index contributed by atoms with van der Waals surface area (Å²) in [5, 5.41) is 8.01. The highest BCUT2D eigenvalue weighted by Gasteiger charge is 2.16. The SMILES string of the molecule is CCCn1nc(C)c(N)c1NCC(C)CN1CCCC1. The van der Waals surface area contributed by atoms with Crippen molar-refractivity contribution in [2.24, 2.45) is 5.92 Å². The molecule has 1 aromatic rings. The minimum atomic E-state index is 0.623. The summed E-state index contributed by atoms with van der Waals surface area (Å²) in [5.41, 5.74) is 7.85. The summed E-state index contributed by atoms with van der Waals surface area (Å²) in [7, 11) is 0. The molecule has 0 amide bonds. The predicted octanol–water partition coefficient (Wildman–Crippen LogP) is 2.33. The highest BCUT2D eigenvalue weighted by atomic mass is 15.3. The lowest BCUT2D eigenvalue weighted by atomic mass is 10.1. The predicted molar refractivity (Wildman–Crippen MR) is 85.0 cm³/mol. The first-order valence-electron chi connectivity index (χ1n) is 7.91. The van der Waals surface area contributed by atoms with Gasteiger partial charge in [0.25, 0.3) is 0 Å². The maximum Gasteiger partial charge on any atom is 0.148 e. The molecule has 3 N–H and O–H groups in total. The molecule has 0 bridgehead atoms. The van der Waals surface area contributed by atoms with Crippen LogP contribution < -0.4 is 11.1 Å². The van der Waals surface area contributed by atoms with Gasteiger partial charge in [-0.3, -0.25) is 0 Å². The zero-order chi connectivity index (χ0) is 14.5. The fraction of sp³-hybridized carbons (Fsp3) is 0.800. The molecule has 1 saturated heterocycles.